The number of nitrogens with one attached hydrogen (secondary N) is 1. The molecule has 0 unspecified atom stereocenters. The molecule has 82 valence electrons. The zero-order chi connectivity index (χ0) is 10.4. The van der Waals surface area contributed by atoms with Crippen molar-refractivity contribution < 1.29 is 4.79 Å². The zero-order valence-corrected chi connectivity index (χ0v) is 9.51. The Kier molecular flexibility index (Phi) is 4.99. The van der Waals surface area contributed by atoms with Crippen LogP contribution in [0.15, 0.2) is 0 Å². The molecule has 0 heterocycles. The van der Waals surface area contributed by atoms with Gasteiger partial charge >= 0.3 is 0 Å². The highest BCUT2D eigenvalue weighted by Crippen LogP contribution is 2.27. The van der Waals surface area contributed by atoms with Crippen LogP contribution in [0.4, 0.5) is 0 Å². The molecule has 1 aliphatic rings. The molecule has 14 heavy (non-hydrogen) atoms. The fraction of sp³-hybridized carbons (Fsp3) is 0.917. The fourth-order valence-corrected chi connectivity index (χ4v) is 2.38. The van der Waals surface area contributed by atoms with Gasteiger partial charge in [0.2, 0.25) is 5.91 Å². The van der Waals surface area contributed by atoms with Crippen LogP contribution in [0.5, 0.6) is 0 Å². The molecular formula is C12H23NO. The largest absolute Gasteiger partial charge is 0.354 e. The molecule has 1 amide bonds. The second-order valence-electron chi connectivity index (χ2n) is 4.68. The van der Waals surface area contributed by atoms with Crippen molar-refractivity contribution in [2.24, 2.45) is 5.92 Å². The summed E-state index contributed by atoms with van der Waals surface area (Å²) in [4.78, 5) is 10.8. The van der Waals surface area contributed by atoms with Gasteiger partial charge in [-0.05, 0) is 25.7 Å². The average molecular weight is 197 g/mol. The molecule has 0 radical (unpaired) electrons. The van der Waals surface area contributed by atoms with Gasteiger partial charge in [-0.3, -0.25) is 4.79 Å². The predicted molar refractivity (Wildman–Crippen MR) is 59.1 cm³/mol. The lowest BCUT2D eigenvalue weighted by Gasteiger charge is -2.23. The first-order chi connectivity index (χ1) is 6.68. The van der Waals surface area contributed by atoms with Gasteiger partial charge in [-0.2, -0.15) is 0 Å². The summed E-state index contributed by atoms with van der Waals surface area (Å²) in [5, 5.41) is 2.94. The summed E-state index contributed by atoms with van der Waals surface area (Å²) in [6.45, 7) is 3.70. The molecule has 0 saturated heterocycles. The molecule has 0 aromatic carbocycles. The molecule has 0 bridgehead atoms. The van der Waals surface area contributed by atoms with E-state index >= 15 is 0 Å². The van der Waals surface area contributed by atoms with E-state index in [4.69, 9.17) is 0 Å². The summed E-state index contributed by atoms with van der Waals surface area (Å²) < 4.78 is 0. The van der Waals surface area contributed by atoms with Gasteiger partial charge in [0.25, 0.3) is 0 Å². The van der Waals surface area contributed by atoms with E-state index < -0.39 is 0 Å². The summed E-state index contributed by atoms with van der Waals surface area (Å²) in [5.74, 6) is 1.03. The molecule has 0 aromatic rings. The van der Waals surface area contributed by atoms with E-state index in [2.05, 4.69) is 12.2 Å². The van der Waals surface area contributed by atoms with Crippen molar-refractivity contribution in [1.29, 1.82) is 0 Å². The Labute approximate surface area is 87.5 Å². The monoisotopic (exact) mass is 197 g/mol. The van der Waals surface area contributed by atoms with Gasteiger partial charge in [0.05, 0.1) is 0 Å². The Hall–Kier alpha value is -0.530. The van der Waals surface area contributed by atoms with Crippen molar-refractivity contribution >= 4 is 5.91 Å². The van der Waals surface area contributed by atoms with Crippen LogP contribution in [0.2, 0.25) is 0 Å². The number of hydrogen-bond acceptors (Lipinski definition) is 1. The Balaban J connectivity index is 2.09. The van der Waals surface area contributed by atoms with Crippen LogP contribution < -0.4 is 5.32 Å². The quantitative estimate of drug-likeness (QED) is 0.737. The average Bonchev–Trinajstić information content (AvgIpc) is 2.15. The zero-order valence-electron chi connectivity index (χ0n) is 9.51. The Morgan fingerprint density at radius 3 is 2.57 bits per heavy atom. The van der Waals surface area contributed by atoms with Gasteiger partial charge in [0.15, 0.2) is 0 Å². The topological polar surface area (TPSA) is 29.1 Å². The molecule has 0 aliphatic heterocycles. The maximum absolute atomic E-state index is 10.8. The lowest BCUT2D eigenvalue weighted by molar-refractivity contribution is -0.119. The van der Waals surface area contributed by atoms with Crippen molar-refractivity contribution in [1.82, 2.24) is 5.32 Å². The molecule has 2 heteroatoms. The smallest absolute Gasteiger partial charge is 0.217 e. The molecule has 1 fully saturated rings. The van der Waals surface area contributed by atoms with Crippen LogP contribution in [0.3, 0.4) is 0 Å². The van der Waals surface area contributed by atoms with E-state index in [1.165, 1.54) is 38.5 Å². The lowest BCUT2D eigenvalue weighted by atomic mass is 9.85. The highest BCUT2D eigenvalue weighted by Gasteiger charge is 2.14. The maximum Gasteiger partial charge on any atom is 0.217 e. The van der Waals surface area contributed by atoms with E-state index in [1.54, 1.807) is 6.92 Å². The van der Waals surface area contributed by atoms with Crippen molar-refractivity contribution in [3.63, 3.8) is 0 Å². The molecule has 1 atom stereocenters. The molecule has 0 spiro atoms. The molecule has 2 nitrogen and oxygen atoms in total. The Morgan fingerprint density at radius 2 is 2.00 bits per heavy atom. The van der Waals surface area contributed by atoms with Crippen LogP contribution in [0.25, 0.3) is 0 Å². The SMILES string of the molecule is CC(=O)N[C@@H](C)CCC1CCCCC1. The van der Waals surface area contributed by atoms with E-state index in [-0.39, 0.29) is 5.91 Å². The first-order valence-corrected chi connectivity index (χ1v) is 5.95. The normalized spacial score (nSPS) is 20.4. The molecule has 1 rings (SSSR count). The van der Waals surface area contributed by atoms with E-state index in [0.717, 1.165) is 12.3 Å². The number of carbonyl (C=O) groups excluding carboxylic acids is 1. The van der Waals surface area contributed by atoms with Crippen LogP contribution in [-0.2, 0) is 4.79 Å². The van der Waals surface area contributed by atoms with E-state index in [1.807, 2.05) is 0 Å². The van der Waals surface area contributed by atoms with Gasteiger partial charge in [0.1, 0.15) is 0 Å². The van der Waals surface area contributed by atoms with Gasteiger partial charge in [0, 0.05) is 13.0 Å². The minimum Gasteiger partial charge on any atom is -0.354 e. The molecule has 1 saturated carbocycles. The number of rotatable bonds is 4. The third-order valence-corrected chi connectivity index (χ3v) is 3.18. The maximum atomic E-state index is 10.8. The predicted octanol–water partition coefficient (Wildman–Crippen LogP) is 2.87. The number of hydrogen-bond donors (Lipinski definition) is 1. The number of carbonyl (C=O) groups is 1. The summed E-state index contributed by atoms with van der Waals surface area (Å²) in [5.41, 5.74) is 0. The molecule has 1 N–H and O–H groups in total. The fourth-order valence-electron chi connectivity index (χ4n) is 2.38. The van der Waals surface area contributed by atoms with Crippen LogP contribution in [-0.4, -0.2) is 11.9 Å². The third-order valence-electron chi connectivity index (χ3n) is 3.18. The summed E-state index contributed by atoms with van der Waals surface area (Å²) in [7, 11) is 0. The highest BCUT2D eigenvalue weighted by atomic mass is 16.1. The first kappa shape index (κ1) is 11.5. The van der Waals surface area contributed by atoms with Crippen LogP contribution in [0, 0.1) is 5.92 Å². The van der Waals surface area contributed by atoms with Gasteiger partial charge in [-0.25, -0.2) is 0 Å². The second-order valence-corrected chi connectivity index (χ2v) is 4.68. The molecule has 1 aliphatic carbocycles. The van der Waals surface area contributed by atoms with Crippen molar-refractivity contribution in [3.8, 4) is 0 Å². The van der Waals surface area contributed by atoms with E-state index in [0.29, 0.717) is 6.04 Å². The Bertz CT molecular complexity index is 173. The van der Waals surface area contributed by atoms with Crippen molar-refractivity contribution in [2.45, 2.75) is 64.8 Å². The van der Waals surface area contributed by atoms with Gasteiger partial charge < -0.3 is 5.32 Å². The lowest BCUT2D eigenvalue weighted by Crippen LogP contribution is -2.30. The summed E-state index contributed by atoms with van der Waals surface area (Å²) in [6.07, 6.45) is 9.52. The van der Waals surface area contributed by atoms with Gasteiger partial charge in [-0.15, -0.1) is 0 Å². The molecule has 0 aromatic heterocycles. The minimum absolute atomic E-state index is 0.0983. The number of amides is 1. The minimum atomic E-state index is 0.0983. The van der Waals surface area contributed by atoms with Crippen molar-refractivity contribution in [2.75, 3.05) is 0 Å². The van der Waals surface area contributed by atoms with E-state index in [9.17, 15) is 4.79 Å². The molecular weight excluding hydrogens is 174 g/mol. The van der Waals surface area contributed by atoms with Crippen LogP contribution >= 0.6 is 0 Å². The third kappa shape index (κ3) is 4.64. The van der Waals surface area contributed by atoms with Crippen molar-refractivity contribution in [3.05, 3.63) is 0 Å². The summed E-state index contributed by atoms with van der Waals surface area (Å²) >= 11 is 0. The second kappa shape index (κ2) is 6.05. The highest BCUT2D eigenvalue weighted by molar-refractivity contribution is 5.73. The van der Waals surface area contributed by atoms with Gasteiger partial charge in [-0.1, -0.05) is 32.1 Å². The first-order valence-electron chi connectivity index (χ1n) is 5.95. The van der Waals surface area contributed by atoms with Crippen LogP contribution in [0.1, 0.15) is 58.8 Å². The standard InChI is InChI=1S/C12H23NO/c1-10(13-11(2)14)8-9-12-6-4-3-5-7-12/h10,12H,3-9H2,1-2H3,(H,13,14)/t10-/m0/s1. The Morgan fingerprint density at radius 1 is 1.36 bits per heavy atom. The summed E-state index contributed by atoms with van der Waals surface area (Å²) in [6, 6.07) is 0.356.